The summed E-state index contributed by atoms with van der Waals surface area (Å²) in [5.74, 6) is -1.97. The van der Waals surface area contributed by atoms with Crippen molar-refractivity contribution in [3.63, 3.8) is 0 Å². The van der Waals surface area contributed by atoms with Gasteiger partial charge in [0.2, 0.25) is 11.7 Å². The third kappa shape index (κ3) is 4.58. The summed E-state index contributed by atoms with van der Waals surface area (Å²) >= 11 is 0. The number of aromatic nitrogens is 2. The molecular formula is C21H20F3N3O3S. The number of carbonyl (C=O) groups is 1. The number of rotatable bonds is 5. The monoisotopic (exact) mass is 451 g/mol. The highest BCUT2D eigenvalue weighted by atomic mass is 32.2. The molecule has 1 amide bonds. The molecule has 10 heteroatoms. The predicted molar refractivity (Wildman–Crippen MR) is 109 cm³/mol. The van der Waals surface area contributed by atoms with E-state index in [9.17, 15) is 26.4 Å². The molecule has 164 valence electrons. The second kappa shape index (κ2) is 7.99. The van der Waals surface area contributed by atoms with Crippen LogP contribution in [-0.4, -0.2) is 46.3 Å². The second-order valence-corrected chi connectivity index (χ2v) is 9.80. The molecule has 0 saturated carbocycles. The van der Waals surface area contributed by atoms with Gasteiger partial charge in [-0.25, -0.2) is 13.4 Å². The summed E-state index contributed by atoms with van der Waals surface area (Å²) in [5, 5.41) is 0. The quantitative estimate of drug-likeness (QED) is 0.597. The Balaban J connectivity index is 1.69. The van der Waals surface area contributed by atoms with E-state index in [1.807, 2.05) is 6.07 Å². The van der Waals surface area contributed by atoms with Crippen molar-refractivity contribution in [1.29, 1.82) is 0 Å². The minimum atomic E-state index is -4.74. The van der Waals surface area contributed by atoms with Gasteiger partial charge in [-0.05, 0) is 24.1 Å². The van der Waals surface area contributed by atoms with E-state index < -0.39 is 40.3 Å². The van der Waals surface area contributed by atoms with Gasteiger partial charge in [0.15, 0.2) is 9.84 Å². The standard InChI is InChI=1S/C21H20F3N3O3S/c22-21(23,24)20-25-17-8-4-5-9-18(17)27(20)13-19(28)26(12-15-6-2-1-3-7-15)16-10-11-31(29,30)14-16/h1-9,16H,10-14H2/t16-/m1/s1. The van der Waals surface area contributed by atoms with Gasteiger partial charge in [-0.15, -0.1) is 0 Å². The lowest BCUT2D eigenvalue weighted by molar-refractivity contribution is -0.148. The molecule has 1 aromatic heterocycles. The van der Waals surface area contributed by atoms with Crippen LogP contribution >= 0.6 is 0 Å². The first-order valence-corrected chi connectivity index (χ1v) is 11.5. The summed E-state index contributed by atoms with van der Waals surface area (Å²) in [6, 6.07) is 14.5. The van der Waals surface area contributed by atoms with Gasteiger partial charge in [0.1, 0.15) is 6.54 Å². The summed E-state index contributed by atoms with van der Waals surface area (Å²) in [6.07, 6.45) is -4.47. The van der Waals surface area contributed by atoms with Crippen molar-refractivity contribution < 1.29 is 26.4 Å². The number of imidazole rings is 1. The van der Waals surface area contributed by atoms with Crippen molar-refractivity contribution in [2.45, 2.75) is 31.7 Å². The van der Waals surface area contributed by atoms with Crippen molar-refractivity contribution in [2.24, 2.45) is 0 Å². The smallest absolute Gasteiger partial charge is 0.333 e. The van der Waals surface area contributed by atoms with Crippen LogP contribution < -0.4 is 0 Å². The van der Waals surface area contributed by atoms with Crippen LogP contribution in [-0.2, 0) is 33.9 Å². The number of benzene rings is 2. The molecule has 0 aliphatic carbocycles. The number of carbonyl (C=O) groups excluding carboxylic acids is 1. The van der Waals surface area contributed by atoms with Gasteiger partial charge >= 0.3 is 6.18 Å². The topological polar surface area (TPSA) is 72.3 Å². The van der Waals surface area contributed by atoms with E-state index in [0.29, 0.717) is 0 Å². The fourth-order valence-corrected chi connectivity index (χ4v) is 5.63. The van der Waals surface area contributed by atoms with Gasteiger partial charge < -0.3 is 9.47 Å². The number of halogens is 3. The van der Waals surface area contributed by atoms with E-state index in [1.54, 1.807) is 36.4 Å². The number of hydrogen-bond acceptors (Lipinski definition) is 4. The van der Waals surface area contributed by atoms with Crippen molar-refractivity contribution >= 4 is 26.8 Å². The Morgan fingerprint density at radius 2 is 1.77 bits per heavy atom. The summed E-state index contributed by atoms with van der Waals surface area (Å²) in [7, 11) is -3.29. The third-order valence-corrected chi connectivity index (χ3v) is 7.12. The van der Waals surface area contributed by atoms with E-state index in [1.165, 1.54) is 17.0 Å². The highest BCUT2D eigenvalue weighted by Crippen LogP contribution is 2.32. The lowest BCUT2D eigenvalue weighted by Crippen LogP contribution is -2.42. The zero-order chi connectivity index (χ0) is 22.2. The zero-order valence-electron chi connectivity index (χ0n) is 16.4. The summed E-state index contributed by atoms with van der Waals surface area (Å²) in [6.45, 7) is -0.466. The molecule has 6 nitrogen and oxygen atoms in total. The molecule has 0 unspecified atom stereocenters. The molecular weight excluding hydrogens is 431 g/mol. The maximum atomic E-state index is 13.6. The fourth-order valence-electron chi connectivity index (χ4n) is 3.90. The maximum absolute atomic E-state index is 13.6. The van der Waals surface area contributed by atoms with Gasteiger partial charge in [0.25, 0.3) is 0 Å². The van der Waals surface area contributed by atoms with Crippen LogP contribution in [0.3, 0.4) is 0 Å². The molecule has 1 aliphatic rings. The first-order chi connectivity index (χ1) is 14.6. The highest BCUT2D eigenvalue weighted by Gasteiger charge is 2.39. The Labute approximate surface area is 177 Å². The highest BCUT2D eigenvalue weighted by molar-refractivity contribution is 7.91. The molecule has 0 bridgehead atoms. The Morgan fingerprint density at radius 3 is 2.42 bits per heavy atom. The lowest BCUT2D eigenvalue weighted by Gasteiger charge is -2.29. The molecule has 1 fully saturated rings. The van der Waals surface area contributed by atoms with Crippen LogP contribution in [0.25, 0.3) is 11.0 Å². The van der Waals surface area contributed by atoms with Crippen molar-refractivity contribution in [2.75, 3.05) is 11.5 Å². The molecule has 2 heterocycles. The van der Waals surface area contributed by atoms with Crippen molar-refractivity contribution in [3.8, 4) is 0 Å². The first kappa shape index (κ1) is 21.4. The third-order valence-electron chi connectivity index (χ3n) is 5.37. The van der Waals surface area contributed by atoms with Crippen LogP contribution in [0.15, 0.2) is 54.6 Å². The van der Waals surface area contributed by atoms with Crippen molar-refractivity contribution in [1.82, 2.24) is 14.5 Å². The van der Waals surface area contributed by atoms with Crippen LogP contribution in [0.2, 0.25) is 0 Å². The Hall–Kier alpha value is -2.88. The fraction of sp³-hybridized carbons (Fsp3) is 0.333. The Bertz CT molecular complexity index is 1210. The van der Waals surface area contributed by atoms with Gasteiger partial charge in [-0.1, -0.05) is 42.5 Å². The summed E-state index contributed by atoms with van der Waals surface area (Å²) in [5.41, 5.74) is 1.11. The van der Waals surface area contributed by atoms with Crippen LogP contribution in [0.4, 0.5) is 13.2 Å². The lowest BCUT2D eigenvalue weighted by atomic mass is 10.1. The molecule has 0 spiro atoms. The van der Waals surface area contributed by atoms with Gasteiger partial charge in [0, 0.05) is 12.6 Å². The number of hydrogen-bond donors (Lipinski definition) is 0. The van der Waals surface area contributed by atoms with Crippen LogP contribution in [0.5, 0.6) is 0 Å². The average molecular weight is 451 g/mol. The molecule has 1 aliphatic heterocycles. The zero-order valence-corrected chi connectivity index (χ0v) is 17.2. The second-order valence-electron chi connectivity index (χ2n) is 7.57. The molecule has 1 saturated heterocycles. The van der Waals surface area contributed by atoms with Crippen LogP contribution in [0.1, 0.15) is 17.8 Å². The van der Waals surface area contributed by atoms with Gasteiger partial charge in [0.05, 0.1) is 22.5 Å². The van der Waals surface area contributed by atoms with E-state index in [4.69, 9.17) is 0 Å². The maximum Gasteiger partial charge on any atom is 0.449 e. The normalized spacial score (nSPS) is 18.4. The summed E-state index contributed by atoms with van der Waals surface area (Å²) in [4.78, 5) is 18.3. The van der Waals surface area contributed by atoms with E-state index in [0.717, 1.165) is 10.1 Å². The van der Waals surface area contributed by atoms with E-state index >= 15 is 0 Å². The van der Waals surface area contributed by atoms with Gasteiger partial charge in [-0.2, -0.15) is 13.2 Å². The molecule has 1 atom stereocenters. The molecule has 0 radical (unpaired) electrons. The molecule has 0 N–H and O–H groups in total. The SMILES string of the molecule is O=C(Cn1c(C(F)(F)F)nc2ccccc21)N(Cc1ccccc1)[C@@H]1CCS(=O)(=O)C1. The van der Waals surface area contributed by atoms with Crippen molar-refractivity contribution in [3.05, 3.63) is 66.0 Å². The van der Waals surface area contributed by atoms with Gasteiger partial charge in [-0.3, -0.25) is 4.79 Å². The number of para-hydroxylation sites is 2. The number of nitrogens with zero attached hydrogens (tertiary/aromatic N) is 3. The van der Waals surface area contributed by atoms with Crippen LogP contribution in [0, 0.1) is 0 Å². The minimum Gasteiger partial charge on any atom is -0.333 e. The Kier molecular flexibility index (Phi) is 5.50. The molecule has 2 aromatic carbocycles. The van der Waals surface area contributed by atoms with E-state index in [2.05, 4.69) is 4.98 Å². The number of sulfone groups is 1. The average Bonchev–Trinajstić information content (AvgIpc) is 3.27. The number of amides is 1. The predicted octanol–water partition coefficient (Wildman–Crippen LogP) is 3.27. The summed E-state index contributed by atoms with van der Waals surface area (Å²) < 4.78 is 65.7. The van der Waals surface area contributed by atoms with E-state index in [-0.39, 0.29) is 35.5 Å². The molecule has 31 heavy (non-hydrogen) atoms. The molecule has 4 rings (SSSR count). The number of fused-ring (bicyclic) bond motifs is 1. The Morgan fingerprint density at radius 1 is 1.10 bits per heavy atom. The minimum absolute atomic E-state index is 0.0436. The number of alkyl halides is 3. The first-order valence-electron chi connectivity index (χ1n) is 9.70. The molecule has 3 aromatic rings. The largest absolute Gasteiger partial charge is 0.449 e.